The molecule has 5 nitrogen and oxygen atoms in total. The monoisotopic (exact) mass is 389 g/mol. The van der Waals surface area contributed by atoms with Gasteiger partial charge < -0.3 is 9.64 Å². The largest absolute Gasteiger partial charge is 0.459 e. The fourth-order valence-electron chi connectivity index (χ4n) is 3.57. The molecule has 0 radical (unpaired) electrons. The number of amides is 1. The van der Waals surface area contributed by atoms with Crippen LogP contribution in [-0.2, 0) is 11.0 Å². The second kappa shape index (κ2) is 6.83. The maximum absolute atomic E-state index is 12.7. The third-order valence-corrected chi connectivity index (χ3v) is 5.33. The number of rotatable bonds is 5. The molecule has 3 rings (SSSR count). The van der Waals surface area contributed by atoms with Gasteiger partial charge in [-0.2, -0.15) is 13.2 Å². The van der Waals surface area contributed by atoms with Gasteiger partial charge >= 0.3 is 6.18 Å². The lowest BCUT2D eigenvalue weighted by molar-refractivity contribution is -0.138. The van der Waals surface area contributed by atoms with Crippen molar-refractivity contribution in [1.82, 2.24) is 15.1 Å². The second-order valence-electron chi connectivity index (χ2n) is 7.79. The summed E-state index contributed by atoms with van der Waals surface area (Å²) in [5.74, 6) is 0.227. The Balaban J connectivity index is 1.68. The Labute approximate surface area is 154 Å². The first-order chi connectivity index (χ1) is 12.0. The van der Waals surface area contributed by atoms with Gasteiger partial charge in [0.05, 0.1) is 0 Å². The van der Waals surface area contributed by atoms with Crippen LogP contribution in [0.4, 0.5) is 13.2 Å². The Hall–Kier alpha value is -1.64. The zero-order chi connectivity index (χ0) is 19.1. The number of hydrogen-bond donors (Lipinski definition) is 0. The topological polar surface area (TPSA) is 55.3 Å². The predicted molar refractivity (Wildman–Crippen MR) is 90.5 cm³/mol. The molecule has 1 amide bonds. The Morgan fingerprint density at radius 3 is 2.62 bits per heavy atom. The molecular weight excluding hydrogens is 367 g/mol. The average molecular weight is 389 g/mol. The van der Waals surface area contributed by atoms with E-state index in [1.807, 2.05) is 0 Å². The second-order valence-corrected chi connectivity index (χ2v) is 8.73. The highest BCUT2D eigenvalue weighted by molar-refractivity contribution is 7.13. The normalized spacial score (nSPS) is 22.7. The zero-order valence-corrected chi connectivity index (χ0v) is 15.8. The minimum atomic E-state index is -4.56. The number of alkyl halides is 3. The van der Waals surface area contributed by atoms with E-state index in [1.165, 1.54) is 0 Å². The number of halogens is 3. The summed E-state index contributed by atoms with van der Waals surface area (Å²) in [5, 5.41) is 5.10. The van der Waals surface area contributed by atoms with Crippen molar-refractivity contribution in [3.05, 3.63) is 16.8 Å². The van der Waals surface area contributed by atoms with E-state index in [0.29, 0.717) is 17.3 Å². The van der Waals surface area contributed by atoms with Crippen molar-refractivity contribution in [2.75, 3.05) is 6.61 Å². The first kappa shape index (κ1) is 19.1. The molecule has 1 fully saturated rings. The summed E-state index contributed by atoms with van der Waals surface area (Å²) in [4.78, 5) is 14.5. The van der Waals surface area contributed by atoms with Crippen molar-refractivity contribution in [2.24, 2.45) is 11.3 Å². The number of hydrogen-bond acceptors (Lipinski definition) is 5. The molecule has 0 bridgehead atoms. The lowest BCUT2D eigenvalue weighted by atomic mass is 9.76. The van der Waals surface area contributed by atoms with Crippen molar-refractivity contribution in [2.45, 2.75) is 58.7 Å². The third kappa shape index (κ3) is 4.55. The molecule has 1 unspecified atom stereocenters. The van der Waals surface area contributed by atoms with Crippen molar-refractivity contribution in [3.8, 4) is 5.19 Å². The van der Waals surface area contributed by atoms with Gasteiger partial charge in [0, 0.05) is 11.7 Å². The summed E-state index contributed by atoms with van der Waals surface area (Å²) < 4.78 is 42.9. The summed E-state index contributed by atoms with van der Waals surface area (Å²) in [6, 6.07) is 0.165. The minimum absolute atomic E-state index is 0.0160. The van der Waals surface area contributed by atoms with Crippen LogP contribution in [0.25, 0.3) is 0 Å². The number of allylic oxidation sites excluding steroid dienone is 2. The van der Waals surface area contributed by atoms with E-state index in [1.54, 1.807) is 4.90 Å². The molecule has 1 heterocycles. The van der Waals surface area contributed by atoms with Gasteiger partial charge in [0.15, 0.2) is 6.61 Å². The van der Waals surface area contributed by atoms with Crippen LogP contribution in [0.3, 0.4) is 0 Å². The van der Waals surface area contributed by atoms with E-state index >= 15 is 0 Å². The summed E-state index contributed by atoms with van der Waals surface area (Å²) in [6.45, 7) is 6.12. The van der Waals surface area contributed by atoms with Crippen LogP contribution in [0.15, 0.2) is 11.8 Å². The SMILES string of the molecule is CC1CC(N(C(=O)COc2nnc(C(F)(F)F)s2)C2CC2)=CC(C)(C)C1. The van der Waals surface area contributed by atoms with Gasteiger partial charge in [-0.05, 0) is 37.0 Å². The smallest absolute Gasteiger partial charge is 0.445 e. The summed E-state index contributed by atoms with van der Waals surface area (Å²) >= 11 is 0.298. The first-order valence-corrected chi connectivity index (χ1v) is 9.44. The number of carbonyl (C=O) groups excluding carboxylic acids is 1. The Bertz CT molecular complexity index is 710. The van der Waals surface area contributed by atoms with Crippen LogP contribution in [0.2, 0.25) is 0 Å². The van der Waals surface area contributed by atoms with E-state index in [4.69, 9.17) is 4.74 Å². The van der Waals surface area contributed by atoms with Crippen LogP contribution < -0.4 is 4.74 Å². The molecule has 1 saturated carbocycles. The molecule has 9 heteroatoms. The van der Waals surface area contributed by atoms with Crippen molar-refractivity contribution < 1.29 is 22.7 Å². The molecule has 2 aliphatic carbocycles. The fourth-order valence-corrected chi connectivity index (χ4v) is 4.13. The number of aromatic nitrogens is 2. The van der Waals surface area contributed by atoms with Gasteiger partial charge in [0.2, 0.25) is 5.01 Å². The Morgan fingerprint density at radius 2 is 2.08 bits per heavy atom. The van der Waals surface area contributed by atoms with Crippen LogP contribution in [-0.4, -0.2) is 33.7 Å². The lowest BCUT2D eigenvalue weighted by Crippen LogP contribution is -2.38. The number of ether oxygens (including phenoxy) is 1. The molecule has 26 heavy (non-hydrogen) atoms. The van der Waals surface area contributed by atoms with E-state index in [-0.39, 0.29) is 29.2 Å². The highest BCUT2D eigenvalue weighted by atomic mass is 32.1. The van der Waals surface area contributed by atoms with Crippen LogP contribution in [0.1, 0.15) is 51.5 Å². The molecule has 0 N–H and O–H groups in total. The minimum Gasteiger partial charge on any atom is -0.459 e. The summed E-state index contributed by atoms with van der Waals surface area (Å²) in [7, 11) is 0. The maximum atomic E-state index is 12.7. The molecule has 0 aromatic carbocycles. The van der Waals surface area contributed by atoms with Gasteiger partial charge in [-0.25, -0.2) is 0 Å². The molecule has 0 spiro atoms. The van der Waals surface area contributed by atoms with Crippen LogP contribution >= 0.6 is 11.3 Å². The van der Waals surface area contributed by atoms with Gasteiger partial charge in [-0.3, -0.25) is 4.79 Å². The third-order valence-electron chi connectivity index (χ3n) is 4.45. The molecule has 0 aliphatic heterocycles. The number of carbonyl (C=O) groups is 1. The quantitative estimate of drug-likeness (QED) is 0.755. The fraction of sp³-hybridized carbons (Fsp3) is 0.706. The average Bonchev–Trinajstić information content (AvgIpc) is 3.18. The Morgan fingerprint density at radius 1 is 1.38 bits per heavy atom. The molecule has 1 aromatic heterocycles. The van der Waals surface area contributed by atoms with Crippen LogP contribution in [0.5, 0.6) is 5.19 Å². The van der Waals surface area contributed by atoms with E-state index in [0.717, 1.165) is 31.4 Å². The lowest BCUT2D eigenvalue weighted by Gasteiger charge is -2.36. The van der Waals surface area contributed by atoms with E-state index < -0.39 is 11.2 Å². The molecule has 1 atom stereocenters. The van der Waals surface area contributed by atoms with E-state index in [2.05, 4.69) is 37.0 Å². The van der Waals surface area contributed by atoms with Gasteiger partial charge in [0.25, 0.3) is 11.1 Å². The molecule has 1 aromatic rings. The van der Waals surface area contributed by atoms with Crippen molar-refractivity contribution in [1.29, 1.82) is 0 Å². The van der Waals surface area contributed by atoms with E-state index in [9.17, 15) is 18.0 Å². The van der Waals surface area contributed by atoms with Gasteiger partial charge in [0.1, 0.15) is 0 Å². The number of nitrogens with zero attached hydrogens (tertiary/aromatic N) is 3. The predicted octanol–water partition coefficient (Wildman–Crippen LogP) is 4.27. The van der Waals surface area contributed by atoms with Crippen molar-refractivity contribution >= 4 is 17.2 Å². The Kier molecular flexibility index (Phi) is 5.02. The molecular formula is C17H22F3N3O2S. The molecule has 2 aliphatic rings. The van der Waals surface area contributed by atoms with Crippen LogP contribution in [0, 0.1) is 11.3 Å². The highest BCUT2D eigenvalue weighted by Gasteiger charge is 2.39. The standard InChI is InChI=1S/C17H22F3N3O2S/c1-10-6-12(8-16(2,3)7-10)23(11-4-5-11)13(24)9-25-15-22-21-14(26-15)17(18,19)20/h8,10-11H,4-7,9H2,1-3H3. The first-order valence-electron chi connectivity index (χ1n) is 8.62. The summed E-state index contributed by atoms with van der Waals surface area (Å²) in [6.07, 6.45) is 1.35. The van der Waals surface area contributed by atoms with Gasteiger partial charge in [-0.15, -0.1) is 5.10 Å². The van der Waals surface area contributed by atoms with Crippen molar-refractivity contribution in [3.63, 3.8) is 0 Å². The highest BCUT2D eigenvalue weighted by Crippen LogP contribution is 2.41. The van der Waals surface area contributed by atoms with Gasteiger partial charge in [-0.1, -0.05) is 43.3 Å². The molecule has 144 valence electrons. The zero-order valence-electron chi connectivity index (χ0n) is 15.0. The summed E-state index contributed by atoms with van der Waals surface area (Å²) in [5.41, 5.74) is 1.01. The maximum Gasteiger partial charge on any atom is 0.445 e. The molecule has 0 saturated heterocycles.